The first-order valence-corrected chi connectivity index (χ1v) is 4.14. The van der Waals surface area contributed by atoms with Gasteiger partial charge in [0.1, 0.15) is 17.4 Å². The van der Waals surface area contributed by atoms with Crippen LogP contribution < -0.4 is 10.5 Å². The molecule has 1 rings (SSSR count). The van der Waals surface area contributed by atoms with Gasteiger partial charge in [-0.25, -0.2) is 0 Å². The van der Waals surface area contributed by atoms with Crippen molar-refractivity contribution in [1.82, 2.24) is 0 Å². The number of carbonyl (C=O) groups excluding carboxylic acids is 1. The highest BCUT2D eigenvalue weighted by molar-refractivity contribution is 5.88. The fourth-order valence-corrected chi connectivity index (χ4v) is 1.09. The van der Waals surface area contributed by atoms with Crippen molar-refractivity contribution < 1.29 is 9.53 Å². The van der Waals surface area contributed by atoms with Gasteiger partial charge >= 0.3 is 0 Å². The van der Waals surface area contributed by atoms with E-state index in [1.165, 1.54) is 19.5 Å². The van der Waals surface area contributed by atoms with Crippen LogP contribution in [-0.2, 0) is 4.79 Å². The molecule has 1 aromatic carbocycles. The summed E-state index contributed by atoms with van der Waals surface area (Å²) in [6, 6.07) is 6.66. The number of hydrogen-bond acceptors (Lipinski definition) is 4. The molecule has 0 amide bonds. The van der Waals surface area contributed by atoms with Crippen LogP contribution in [0.1, 0.15) is 5.56 Å². The molecular weight excluding hydrogens is 192 g/mol. The van der Waals surface area contributed by atoms with Crippen LogP contribution >= 0.6 is 0 Å². The first kappa shape index (κ1) is 10.8. The summed E-state index contributed by atoms with van der Waals surface area (Å²) in [5.41, 5.74) is 6.64. The second kappa shape index (κ2) is 4.82. The summed E-state index contributed by atoms with van der Waals surface area (Å²) >= 11 is 0. The molecular formula is C11H9N2O2. The molecule has 0 atom stereocenters. The molecule has 4 nitrogen and oxygen atoms in total. The van der Waals surface area contributed by atoms with Crippen LogP contribution in [0.3, 0.4) is 0 Å². The van der Waals surface area contributed by atoms with E-state index in [1.54, 1.807) is 24.3 Å². The van der Waals surface area contributed by atoms with Gasteiger partial charge in [-0.2, -0.15) is 5.26 Å². The lowest BCUT2D eigenvalue weighted by Crippen LogP contribution is -1.91. The normalized spacial score (nSPS) is 10.5. The molecule has 0 aliphatic rings. The molecule has 0 heterocycles. The molecule has 4 heteroatoms. The van der Waals surface area contributed by atoms with E-state index in [1.807, 2.05) is 0 Å². The molecule has 0 aliphatic carbocycles. The van der Waals surface area contributed by atoms with Crippen molar-refractivity contribution in [2.75, 3.05) is 12.8 Å². The number of allylic oxidation sites excluding steroid dienone is 1. The molecule has 0 fully saturated rings. The van der Waals surface area contributed by atoms with Crippen molar-refractivity contribution in [1.29, 1.82) is 5.26 Å². The maximum atomic E-state index is 10.3. The second-order valence-corrected chi connectivity index (χ2v) is 2.77. The minimum Gasteiger partial charge on any atom is -0.496 e. The number of nitrogens with two attached hydrogens (primary N) is 1. The summed E-state index contributed by atoms with van der Waals surface area (Å²) in [7, 11) is 1.49. The summed E-state index contributed by atoms with van der Waals surface area (Å²) in [5, 5.41) is 8.56. The van der Waals surface area contributed by atoms with Gasteiger partial charge in [-0.15, -0.1) is 0 Å². The maximum Gasteiger partial charge on any atom is 0.244 e. The summed E-state index contributed by atoms with van der Waals surface area (Å²) in [6.45, 7) is 0. The van der Waals surface area contributed by atoms with E-state index >= 15 is 0 Å². The zero-order chi connectivity index (χ0) is 11.3. The number of nitrogen functional groups attached to an aromatic ring is 1. The van der Waals surface area contributed by atoms with E-state index in [4.69, 9.17) is 15.7 Å². The smallest absolute Gasteiger partial charge is 0.244 e. The summed E-state index contributed by atoms with van der Waals surface area (Å²) in [6.07, 6.45) is 2.92. The quantitative estimate of drug-likeness (QED) is 0.454. The SMILES string of the molecule is COc1cc(N)ccc1C=C([C]=O)C#N. The lowest BCUT2D eigenvalue weighted by Gasteiger charge is -2.05. The van der Waals surface area contributed by atoms with Crippen molar-refractivity contribution in [2.24, 2.45) is 0 Å². The number of rotatable bonds is 3. The average molecular weight is 201 g/mol. The molecule has 15 heavy (non-hydrogen) atoms. The van der Waals surface area contributed by atoms with Crippen molar-refractivity contribution in [3.8, 4) is 11.8 Å². The summed E-state index contributed by atoms with van der Waals surface area (Å²) < 4.78 is 5.05. The number of nitrogens with zero attached hydrogens (tertiary/aromatic N) is 1. The van der Waals surface area contributed by atoms with E-state index in [-0.39, 0.29) is 5.57 Å². The Hall–Kier alpha value is -2.28. The van der Waals surface area contributed by atoms with E-state index in [9.17, 15) is 4.79 Å². The highest BCUT2D eigenvalue weighted by Gasteiger charge is 2.02. The second-order valence-electron chi connectivity index (χ2n) is 2.77. The molecule has 75 valence electrons. The fraction of sp³-hybridized carbons (Fsp3) is 0.0909. The fourth-order valence-electron chi connectivity index (χ4n) is 1.09. The van der Waals surface area contributed by atoms with Crippen LogP contribution in [0.25, 0.3) is 6.08 Å². The lowest BCUT2D eigenvalue weighted by molar-refractivity contribution is 0.414. The minimum absolute atomic E-state index is 0.0851. The molecule has 1 aromatic rings. The van der Waals surface area contributed by atoms with Crippen LogP contribution in [0.4, 0.5) is 5.69 Å². The van der Waals surface area contributed by atoms with Gasteiger partial charge in [0.05, 0.1) is 7.11 Å². The molecule has 0 bridgehead atoms. The van der Waals surface area contributed by atoms with Gasteiger partial charge in [-0.3, -0.25) is 4.79 Å². The first-order chi connectivity index (χ1) is 7.21. The Morgan fingerprint density at radius 2 is 2.33 bits per heavy atom. The van der Waals surface area contributed by atoms with E-state index in [2.05, 4.69) is 0 Å². The van der Waals surface area contributed by atoms with Gasteiger partial charge in [0.2, 0.25) is 6.29 Å². The molecule has 0 aromatic heterocycles. The number of methoxy groups -OCH3 is 1. The Balaban J connectivity index is 3.21. The molecule has 0 unspecified atom stereocenters. The Kier molecular flexibility index (Phi) is 3.47. The van der Waals surface area contributed by atoms with Crippen molar-refractivity contribution >= 4 is 18.0 Å². The number of hydrogen-bond donors (Lipinski definition) is 1. The third kappa shape index (κ3) is 2.58. The van der Waals surface area contributed by atoms with E-state index in [0.717, 1.165) is 0 Å². The van der Waals surface area contributed by atoms with E-state index in [0.29, 0.717) is 17.0 Å². The van der Waals surface area contributed by atoms with Crippen molar-refractivity contribution in [2.45, 2.75) is 0 Å². The zero-order valence-corrected chi connectivity index (χ0v) is 8.15. The van der Waals surface area contributed by atoms with Crippen LogP contribution in [-0.4, -0.2) is 13.4 Å². The zero-order valence-electron chi connectivity index (χ0n) is 8.15. The van der Waals surface area contributed by atoms with E-state index < -0.39 is 0 Å². The van der Waals surface area contributed by atoms with Gasteiger partial charge in [0.15, 0.2) is 0 Å². The number of nitriles is 1. The Morgan fingerprint density at radius 3 is 2.87 bits per heavy atom. The van der Waals surface area contributed by atoms with Gasteiger partial charge < -0.3 is 10.5 Å². The minimum atomic E-state index is -0.0851. The third-order valence-electron chi connectivity index (χ3n) is 1.79. The van der Waals surface area contributed by atoms with Gasteiger partial charge in [-0.05, 0) is 18.2 Å². The average Bonchev–Trinajstić information content (AvgIpc) is 2.27. The largest absolute Gasteiger partial charge is 0.496 e. The monoisotopic (exact) mass is 201 g/mol. The van der Waals surface area contributed by atoms with Crippen LogP contribution in [0, 0.1) is 11.3 Å². The first-order valence-electron chi connectivity index (χ1n) is 4.14. The maximum absolute atomic E-state index is 10.3. The highest BCUT2D eigenvalue weighted by atomic mass is 16.5. The topological polar surface area (TPSA) is 76.1 Å². The van der Waals surface area contributed by atoms with Crippen LogP contribution in [0.15, 0.2) is 23.8 Å². The molecule has 1 radical (unpaired) electrons. The molecule has 2 N–H and O–H groups in total. The highest BCUT2D eigenvalue weighted by Crippen LogP contribution is 2.23. The Morgan fingerprint density at radius 1 is 1.60 bits per heavy atom. The van der Waals surface area contributed by atoms with Crippen LogP contribution in [0.2, 0.25) is 0 Å². The predicted molar refractivity (Wildman–Crippen MR) is 56.7 cm³/mol. The van der Waals surface area contributed by atoms with Gasteiger partial charge in [0.25, 0.3) is 0 Å². The third-order valence-corrected chi connectivity index (χ3v) is 1.79. The number of ether oxygens (including phenoxy) is 1. The van der Waals surface area contributed by atoms with Gasteiger partial charge in [0, 0.05) is 17.3 Å². The van der Waals surface area contributed by atoms with Crippen molar-refractivity contribution in [3.05, 3.63) is 29.3 Å². The number of anilines is 1. The molecule has 0 saturated carbocycles. The van der Waals surface area contributed by atoms with Crippen LogP contribution in [0.5, 0.6) is 5.75 Å². The summed E-state index contributed by atoms with van der Waals surface area (Å²) in [5.74, 6) is 0.512. The van der Waals surface area contributed by atoms with Crippen molar-refractivity contribution in [3.63, 3.8) is 0 Å². The number of benzene rings is 1. The Labute approximate surface area is 87.6 Å². The molecule has 0 spiro atoms. The molecule has 0 aliphatic heterocycles. The van der Waals surface area contributed by atoms with Gasteiger partial charge in [-0.1, -0.05) is 0 Å². The summed E-state index contributed by atoms with van der Waals surface area (Å²) in [4.78, 5) is 10.3. The lowest BCUT2D eigenvalue weighted by atomic mass is 10.1. The Bertz CT molecular complexity index is 444. The standard InChI is InChI=1S/C11H9N2O2/c1-15-11-5-10(13)3-2-9(11)4-8(6-12)7-14/h2-5H,13H2,1H3. The molecule has 0 saturated heterocycles. The predicted octanol–water partition coefficient (Wildman–Crippen LogP) is 1.29.